The Morgan fingerprint density at radius 1 is 1.45 bits per heavy atom. The first kappa shape index (κ1) is 15.2. The summed E-state index contributed by atoms with van der Waals surface area (Å²) in [6.45, 7) is 5.77. The van der Waals surface area contributed by atoms with Gasteiger partial charge in [-0.25, -0.2) is 13.4 Å². The molecule has 0 aromatic carbocycles. The van der Waals surface area contributed by atoms with Gasteiger partial charge in [0.1, 0.15) is 5.82 Å². The van der Waals surface area contributed by atoms with Crippen LogP contribution in [-0.2, 0) is 9.84 Å². The van der Waals surface area contributed by atoms with Crippen molar-refractivity contribution in [1.29, 1.82) is 0 Å². The van der Waals surface area contributed by atoms with Crippen molar-refractivity contribution in [1.82, 2.24) is 15.3 Å². The molecule has 1 aliphatic heterocycles. The van der Waals surface area contributed by atoms with Gasteiger partial charge in [0.15, 0.2) is 9.84 Å². The summed E-state index contributed by atoms with van der Waals surface area (Å²) in [6.07, 6.45) is 1.43. The minimum atomic E-state index is -2.96. The van der Waals surface area contributed by atoms with Gasteiger partial charge in [0.05, 0.1) is 16.6 Å². The van der Waals surface area contributed by atoms with Gasteiger partial charge in [0, 0.05) is 18.3 Å². The number of aromatic amines is 1. The minimum absolute atomic E-state index is 0.163. The third-order valence-electron chi connectivity index (χ3n) is 3.81. The molecule has 2 atom stereocenters. The molecule has 2 unspecified atom stereocenters. The number of aromatic nitrogens is 2. The zero-order valence-electron chi connectivity index (χ0n) is 12.1. The molecule has 1 saturated heterocycles. The summed E-state index contributed by atoms with van der Waals surface area (Å²) in [5.74, 6) is 0.862. The van der Waals surface area contributed by atoms with Crippen molar-refractivity contribution in [3.05, 3.63) is 27.4 Å². The highest BCUT2D eigenvalue weighted by atomic mass is 32.2. The number of hydrogen-bond acceptors (Lipinski definition) is 5. The zero-order chi connectivity index (χ0) is 14.9. The van der Waals surface area contributed by atoms with Gasteiger partial charge in [0.2, 0.25) is 0 Å². The smallest absolute Gasteiger partial charge is 0.255 e. The molecule has 0 spiro atoms. The summed E-state index contributed by atoms with van der Waals surface area (Å²) in [4.78, 5) is 18.9. The van der Waals surface area contributed by atoms with E-state index in [9.17, 15) is 13.2 Å². The van der Waals surface area contributed by atoms with Crippen molar-refractivity contribution in [2.45, 2.75) is 44.9 Å². The van der Waals surface area contributed by atoms with Crippen LogP contribution in [0.25, 0.3) is 0 Å². The lowest BCUT2D eigenvalue weighted by Gasteiger charge is -2.18. The molecule has 2 N–H and O–H groups in total. The van der Waals surface area contributed by atoms with Gasteiger partial charge in [-0.15, -0.1) is 0 Å². The summed E-state index contributed by atoms with van der Waals surface area (Å²) in [5, 5.41) is 2.83. The number of nitrogens with one attached hydrogen (secondary N) is 2. The highest BCUT2D eigenvalue weighted by Gasteiger charge is 2.31. The molecule has 6 nitrogen and oxygen atoms in total. The van der Waals surface area contributed by atoms with E-state index in [1.165, 1.54) is 0 Å². The van der Waals surface area contributed by atoms with E-state index in [1.54, 1.807) is 13.8 Å². The molecule has 0 bridgehead atoms. The Labute approximate surface area is 118 Å². The Kier molecular flexibility index (Phi) is 4.29. The Hall–Kier alpha value is -1.21. The van der Waals surface area contributed by atoms with Crippen LogP contribution in [0.4, 0.5) is 0 Å². The van der Waals surface area contributed by atoms with E-state index in [2.05, 4.69) is 15.3 Å². The van der Waals surface area contributed by atoms with Crippen molar-refractivity contribution >= 4 is 9.84 Å². The van der Waals surface area contributed by atoms with E-state index in [0.717, 1.165) is 6.42 Å². The fourth-order valence-corrected chi connectivity index (χ4v) is 4.52. The van der Waals surface area contributed by atoms with Crippen LogP contribution in [0, 0.1) is 13.8 Å². The van der Waals surface area contributed by atoms with Gasteiger partial charge >= 0.3 is 0 Å². The fourth-order valence-electron chi connectivity index (χ4n) is 2.74. The lowest BCUT2D eigenvalue weighted by atomic mass is 10.1. The van der Waals surface area contributed by atoms with E-state index < -0.39 is 9.84 Å². The number of nitrogens with zero attached hydrogens (tertiary/aromatic N) is 1. The molecule has 7 heteroatoms. The largest absolute Gasteiger partial charge is 0.310 e. The summed E-state index contributed by atoms with van der Waals surface area (Å²) in [7, 11) is -2.96. The van der Waals surface area contributed by atoms with Crippen LogP contribution >= 0.6 is 0 Å². The van der Waals surface area contributed by atoms with Gasteiger partial charge in [0.25, 0.3) is 5.56 Å². The minimum Gasteiger partial charge on any atom is -0.310 e. The van der Waals surface area contributed by atoms with E-state index in [-0.39, 0.29) is 22.6 Å². The highest BCUT2D eigenvalue weighted by Crippen LogP contribution is 2.20. The van der Waals surface area contributed by atoms with Gasteiger partial charge < -0.3 is 10.3 Å². The molecule has 1 aromatic rings. The topological polar surface area (TPSA) is 91.9 Å². The van der Waals surface area contributed by atoms with Crippen LogP contribution in [-0.4, -0.2) is 35.9 Å². The van der Waals surface area contributed by atoms with Crippen molar-refractivity contribution < 1.29 is 8.42 Å². The maximum atomic E-state index is 12.0. The van der Waals surface area contributed by atoms with Gasteiger partial charge in [-0.05, 0) is 33.6 Å². The van der Waals surface area contributed by atoms with E-state index in [1.807, 2.05) is 6.92 Å². The fraction of sp³-hybridized carbons (Fsp3) is 0.692. The molecular weight excluding hydrogens is 278 g/mol. The van der Waals surface area contributed by atoms with Crippen LogP contribution in [0.5, 0.6) is 0 Å². The van der Waals surface area contributed by atoms with Gasteiger partial charge in [-0.3, -0.25) is 4.79 Å². The average molecular weight is 299 g/mol. The molecule has 20 heavy (non-hydrogen) atoms. The molecule has 112 valence electrons. The Morgan fingerprint density at radius 3 is 2.70 bits per heavy atom. The Morgan fingerprint density at radius 2 is 2.15 bits per heavy atom. The third kappa shape index (κ3) is 3.09. The standard InChI is InChI=1S/C13H21N3O3S/c1-8(12-9(2)15-10(3)16-13(12)17)14-7-11-5-4-6-20(11,18)19/h8,11,14H,4-7H2,1-3H3,(H,15,16,17). The van der Waals surface area contributed by atoms with E-state index in [4.69, 9.17) is 0 Å². The molecule has 0 aliphatic carbocycles. The molecule has 0 amide bonds. The maximum absolute atomic E-state index is 12.0. The predicted octanol–water partition coefficient (Wildman–Crippen LogP) is 0.615. The normalized spacial score (nSPS) is 22.9. The highest BCUT2D eigenvalue weighted by molar-refractivity contribution is 7.92. The number of H-pyrrole nitrogens is 1. The van der Waals surface area contributed by atoms with E-state index in [0.29, 0.717) is 30.0 Å². The molecular formula is C13H21N3O3S. The Bertz CT molecular complexity index is 651. The second-order valence-corrected chi connectivity index (χ2v) is 7.81. The van der Waals surface area contributed by atoms with Crippen molar-refractivity contribution in [3.63, 3.8) is 0 Å². The first-order valence-corrected chi connectivity index (χ1v) is 8.55. The monoisotopic (exact) mass is 299 g/mol. The van der Waals surface area contributed by atoms with Crippen molar-refractivity contribution in [3.8, 4) is 0 Å². The number of aryl methyl sites for hydroxylation is 2. The van der Waals surface area contributed by atoms with Crippen molar-refractivity contribution in [2.24, 2.45) is 0 Å². The van der Waals surface area contributed by atoms with E-state index >= 15 is 0 Å². The molecule has 0 radical (unpaired) electrons. The average Bonchev–Trinajstić information content (AvgIpc) is 2.64. The first-order valence-electron chi connectivity index (χ1n) is 6.83. The molecule has 1 fully saturated rings. The predicted molar refractivity (Wildman–Crippen MR) is 77.6 cm³/mol. The molecule has 1 aliphatic rings. The Balaban J connectivity index is 2.10. The molecule has 1 aromatic heterocycles. The van der Waals surface area contributed by atoms with Crippen LogP contribution in [0.15, 0.2) is 4.79 Å². The van der Waals surface area contributed by atoms with Crippen LogP contribution in [0.1, 0.15) is 42.9 Å². The van der Waals surface area contributed by atoms with Gasteiger partial charge in [-0.1, -0.05) is 0 Å². The second kappa shape index (κ2) is 5.65. The first-order chi connectivity index (χ1) is 9.31. The zero-order valence-corrected chi connectivity index (χ0v) is 12.9. The lowest BCUT2D eigenvalue weighted by Crippen LogP contribution is -2.35. The van der Waals surface area contributed by atoms with Gasteiger partial charge in [-0.2, -0.15) is 0 Å². The molecule has 0 saturated carbocycles. The summed E-state index contributed by atoms with van der Waals surface area (Å²) >= 11 is 0. The molecule has 2 heterocycles. The summed E-state index contributed by atoms with van der Waals surface area (Å²) < 4.78 is 23.5. The number of hydrogen-bond donors (Lipinski definition) is 2. The summed E-state index contributed by atoms with van der Waals surface area (Å²) in [5.41, 5.74) is 1.09. The van der Waals surface area contributed by atoms with Crippen molar-refractivity contribution in [2.75, 3.05) is 12.3 Å². The SMILES string of the molecule is Cc1nc(C)c(C(C)NCC2CCCS2(=O)=O)c(=O)[nH]1. The summed E-state index contributed by atoms with van der Waals surface area (Å²) in [6, 6.07) is -0.220. The van der Waals surface area contributed by atoms with Crippen LogP contribution in [0.2, 0.25) is 0 Å². The number of rotatable bonds is 4. The second-order valence-electron chi connectivity index (χ2n) is 5.41. The quantitative estimate of drug-likeness (QED) is 0.850. The molecule has 2 rings (SSSR count). The maximum Gasteiger partial charge on any atom is 0.255 e. The number of sulfone groups is 1. The van der Waals surface area contributed by atoms with Crippen LogP contribution < -0.4 is 10.9 Å². The lowest BCUT2D eigenvalue weighted by molar-refractivity contribution is 0.532. The third-order valence-corrected chi connectivity index (χ3v) is 6.09. The van der Waals surface area contributed by atoms with Crippen LogP contribution in [0.3, 0.4) is 0 Å².